The van der Waals surface area contributed by atoms with Crippen LogP contribution in [0.2, 0.25) is 5.02 Å². The quantitative estimate of drug-likeness (QED) is 0.898. The molecular weight excluding hydrogens is 252 g/mol. The first kappa shape index (κ1) is 13.0. The first-order valence-corrected chi connectivity index (χ1v) is 6.78. The van der Waals surface area contributed by atoms with Gasteiger partial charge in [-0.05, 0) is 24.1 Å². The largest absolute Gasteiger partial charge is 0.481 e. The molecule has 0 atom stereocenters. The third-order valence-electron chi connectivity index (χ3n) is 2.04. The molecule has 1 N–H and O–H groups in total. The number of carboxylic acid groups (broad SMARTS) is 1. The van der Waals surface area contributed by atoms with Crippen molar-refractivity contribution < 1.29 is 18.3 Å². The maximum absolute atomic E-state index is 11.4. The Bertz CT molecular complexity index is 508. The summed E-state index contributed by atoms with van der Waals surface area (Å²) >= 11 is 5.70. The standard InChI is InChI=1S/C10H11ClO4S/c1-16(14,15)9-6-8(11)4-2-7(9)3-5-10(12)13/h2,4,6H,3,5H2,1H3,(H,12,13). The summed E-state index contributed by atoms with van der Waals surface area (Å²) in [5.41, 5.74) is 0.481. The number of hydrogen-bond acceptors (Lipinski definition) is 3. The maximum atomic E-state index is 11.4. The van der Waals surface area contributed by atoms with Gasteiger partial charge in [0.25, 0.3) is 0 Å². The highest BCUT2D eigenvalue weighted by molar-refractivity contribution is 7.90. The molecule has 0 aliphatic carbocycles. The average Bonchev–Trinajstić information content (AvgIpc) is 2.14. The number of hydrogen-bond donors (Lipinski definition) is 1. The maximum Gasteiger partial charge on any atom is 0.303 e. The van der Waals surface area contributed by atoms with Gasteiger partial charge in [0.1, 0.15) is 0 Å². The van der Waals surface area contributed by atoms with Gasteiger partial charge in [-0.1, -0.05) is 17.7 Å². The fourth-order valence-electron chi connectivity index (χ4n) is 1.32. The molecule has 88 valence electrons. The lowest BCUT2D eigenvalue weighted by molar-refractivity contribution is -0.136. The van der Waals surface area contributed by atoms with Crippen molar-refractivity contribution >= 4 is 27.4 Å². The monoisotopic (exact) mass is 262 g/mol. The van der Waals surface area contributed by atoms with Gasteiger partial charge in [0, 0.05) is 17.7 Å². The van der Waals surface area contributed by atoms with E-state index < -0.39 is 15.8 Å². The van der Waals surface area contributed by atoms with Gasteiger partial charge in [0.2, 0.25) is 0 Å². The van der Waals surface area contributed by atoms with Crippen LogP contribution in [0.4, 0.5) is 0 Å². The first-order valence-electron chi connectivity index (χ1n) is 4.51. The molecule has 0 aliphatic heterocycles. The number of benzene rings is 1. The molecule has 6 heteroatoms. The number of aliphatic carboxylic acids is 1. The van der Waals surface area contributed by atoms with Crippen molar-refractivity contribution in [3.8, 4) is 0 Å². The lowest BCUT2D eigenvalue weighted by atomic mass is 10.1. The molecule has 16 heavy (non-hydrogen) atoms. The van der Waals surface area contributed by atoms with E-state index in [1.165, 1.54) is 6.07 Å². The Hall–Kier alpha value is -1.07. The molecular formula is C10H11ClO4S. The van der Waals surface area contributed by atoms with Gasteiger partial charge in [-0.15, -0.1) is 0 Å². The second-order valence-electron chi connectivity index (χ2n) is 3.42. The van der Waals surface area contributed by atoms with Crippen molar-refractivity contribution in [2.75, 3.05) is 6.26 Å². The van der Waals surface area contributed by atoms with Crippen LogP contribution in [0.1, 0.15) is 12.0 Å². The summed E-state index contributed by atoms with van der Waals surface area (Å²) in [7, 11) is -3.38. The molecule has 0 radical (unpaired) electrons. The van der Waals surface area contributed by atoms with Gasteiger partial charge in [-0.2, -0.15) is 0 Å². The molecule has 0 aliphatic rings. The van der Waals surface area contributed by atoms with Crippen molar-refractivity contribution in [3.63, 3.8) is 0 Å². The zero-order valence-corrected chi connectivity index (χ0v) is 10.2. The van der Waals surface area contributed by atoms with Crippen molar-refractivity contribution in [2.45, 2.75) is 17.7 Å². The highest BCUT2D eigenvalue weighted by Gasteiger charge is 2.14. The molecule has 0 spiro atoms. The smallest absolute Gasteiger partial charge is 0.303 e. The summed E-state index contributed by atoms with van der Waals surface area (Å²) in [4.78, 5) is 10.5. The van der Waals surface area contributed by atoms with Crippen LogP contribution < -0.4 is 0 Å². The summed E-state index contributed by atoms with van der Waals surface area (Å²) in [6.45, 7) is 0. The molecule has 0 heterocycles. The van der Waals surface area contributed by atoms with Crippen LogP contribution >= 0.6 is 11.6 Å². The summed E-state index contributed by atoms with van der Waals surface area (Å²) in [5, 5.41) is 8.87. The van der Waals surface area contributed by atoms with Crippen LogP contribution in [0, 0.1) is 0 Å². The number of halogens is 1. The van der Waals surface area contributed by atoms with E-state index in [2.05, 4.69) is 0 Å². The molecule has 1 aromatic rings. The van der Waals surface area contributed by atoms with Crippen LogP contribution in [0.3, 0.4) is 0 Å². The predicted molar refractivity (Wildman–Crippen MR) is 60.5 cm³/mol. The third kappa shape index (κ3) is 3.50. The molecule has 0 saturated carbocycles. The molecule has 0 bridgehead atoms. The van der Waals surface area contributed by atoms with Crippen molar-refractivity contribution in [1.82, 2.24) is 0 Å². The van der Waals surface area contributed by atoms with Crippen LogP contribution in [-0.2, 0) is 21.1 Å². The minimum absolute atomic E-state index is 0.0984. The normalized spacial score (nSPS) is 11.4. The average molecular weight is 263 g/mol. The SMILES string of the molecule is CS(=O)(=O)c1cc(Cl)ccc1CCC(=O)O. The van der Waals surface area contributed by atoms with E-state index in [0.717, 1.165) is 6.26 Å². The van der Waals surface area contributed by atoms with Crippen LogP contribution in [0.25, 0.3) is 0 Å². The van der Waals surface area contributed by atoms with E-state index in [1.807, 2.05) is 0 Å². The fraction of sp³-hybridized carbons (Fsp3) is 0.300. The van der Waals surface area contributed by atoms with Crippen LogP contribution in [-0.4, -0.2) is 25.7 Å². The second-order valence-corrected chi connectivity index (χ2v) is 5.84. The van der Waals surface area contributed by atoms with Crippen LogP contribution in [0.5, 0.6) is 0 Å². The number of carbonyl (C=O) groups is 1. The van der Waals surface area contributed by atoms with E-state index in [1.54, 1.807) is 12.1 Å². The number of rotatable bonds is 4. The van der Waals surface area contributed by atoms with Gasteiger partial charge in [0.15, 0.2) is 9.84 Å². The van der Waals surface area contributed by atoms with Gasteiger partial charge < -0.3 is 5.11 Å². The number of carboxylic acids is 1. The molecule has 0 unspecified atom stereocenters. The molecule has 0 amide bonds. The van der Waals surface area contributed by atoms with E-state index in [0.29, 0.717) is 10.6 Å². The van der Waals surface area contributed by atoms with Gasteiger partial charge in [-0.3, -0.25) is 4.79 Å². The zero-order valence-electron chi connectivity index (χ0n) is 8.60. The summed E-state index contributed by atoms with van der Waals surface area (Å²) in [6.07, 6.45) is 1.14. The van der Waals surface area contributed by atoms with Gasteiger partial charge in [0.05, 0.1) is 4.90 Å². The van der Waals surface area contributed by atoms with Crippen molar-refractivity contribution in [2.24, 2.45) is 0 Å². The molecule has 0 saturated heterocycles. The highest BCUT2D eigenvalue weighted by Crippen LogP contribution is 2.21. The third-order valence-corrected chi connectivity index (χ3v) is 3.45. The summed E-state index contributed by atoms with van der Waals surface area (Å²) < 4.78 is 22.9. The molecule has 1 rings (SSSR count). The van der Waals surface area contributed by atoms with Crippen molar-refractivity contribution in [1.29, 1.82) is 0 Å². The minimum atomic E-state index is -3.38. The zero-order chi connectivity index (χ0) is 12.3. The van der Waals surface area contributed by atoms with Crippen LogP contribution in [0.15, 0.2) is 23.1 Å². The Morgan fingerprint density at radius 3 is 2.56 bits per heavy atom. The van der Waals surface area contributed by atoms with E-state index in [4.69, 9.17) is 16.7 Å². The Labute approximate surface area is 98.8 Å². The Morgan fingerprint density at radius 2 is 2.06 bits per heavy atom. The highest BCUT2D eigenvalue weighted by atomic mass is 35.5. The number of sulfone groups is 1. The van der Waals surface area contributed by atoms with Gasteiger partial charge in [-0.25, -0.2) is 8.42 Å². The summed E-state index contributed by atoms with van der Waals surface area (Å²) in [5.74, 6) is -0.964. The first-order chi connectivity index (χ1) is 7.30. The van der Waals surface area contributed by atoms with Gasteiger partial charge >= 0.3 is 5.97 Å². The predicted octanol–water partition coefficient (Wildman–Crippen LogP) is 1.76. The lowest BCUT2D eigenvalue weighted by Crippen LogP contribution is -2.05. The molecule has 0 aromatic heterocycles. The second kappa shape index (κ2) is 4.84. The molecule has 1 aromatic carbocycles. The van der Waals surface area contributed by atoms with Crippen molar-refractivity contribution in [3.05, 3.63) is 28.8 Å². The van der Waals surface area contributed by atoms with E-state index >= 15 is 0 Å². The fourth-order valence-corrected chi connectivity index (χ4v) is 2.55. The summed E-state index contributed by atoms with van der Waals surface area (Å²) in [6, 6.07) is 4.43. The Kier molecular flexibility index (Phi) is 3.93. The minimum Gasteiger partial charge on any atom is -0.481 e. The Balaban J connectivity index is 3.13. The Morgan fingerprint density at radius 1 is 1.44 bits per heavy atom. The molecule has 0 fully saturated rings. The topological polar surface area (TPSA) is 71.4 Å². The molecule has 4 nitrogen and oxygen atoms in total. The van der Waals surface area contributed by atoms with E-state index in [9.17, 15) is 13.2 Å². The van der Waals surface area contributed by atoms with E-state index in [-0.39, 0.29) is 17.7 Å². The number of aryl methyl sites for hydroxylation is 1. The lowest BCUT2D eigenvalue weighted by Gasteiger charge is -2.07.